The van der Waals surface area contributed by atoms with Gasteiger partial charge < -0.3 is 10.8 Å². The summed E-state index contributed by atoms with van der Waals surface area (Å²) in [4.78, 5) is 0. The van der Waals surface area contributed by atoms with E-state index in [1.807, 2.05) is 0 Å². The normalized spacial score (nSPS) is 13.6. The molecule has 1 atom stereocenters. The third-order valence-electron chi connectivity index (χ3n) is 0.821. The van der Waals surface area contributed by atoms with Crippen LogP contribution in [0.25, 0.3) is 0 Å². The second kappa shape index (κ2) is 7.25. The van der Waals surface area contributed by atoms with Crippen LogP contribution >= 0.6 is 0 Å². The monoisotopic (exact) mass is 207 g/mol. The first-order chi connectivity index (χ1) is 4.98. The van der Waals surface area contributed by atoms with Gasteiger partial charge in [-0.2, -0.15) is 8.42 Å². The van der Waals surface area contributed by atoms with Crippen LogP contribution in [0.1, 0.15) is 6.92 Å². The van der Waals surface area contributed by atoms with Gasteiger partial charge in [-0.1, -0.05) is 0 Å². The molecular formula is C5H14NNaO4S. The second-order valence-corrected chi connectivity index (χ2v) is 3.93. The molecule has 7 heteroatoms. The van der Waals surface area contributed by atoms with Crippen molar-refractivity contribution in [3.05, 3.63) is 0 Å². The third kappa shape index (κ3) is 8.92. The molecule has 0 aromatic rings. The van der Waals surface area contributed by atoms with Crippen molar-refractivity contribution >= 4 is 39.7 Å². The van der Waals surface area contributed by atoms with Gasteiger partial charge in [0.15, 0.2) is 0 Å². The summed E-state index contributed by atoms with van der Waals surface area (Å²) in [5.74, 6) is -0.215. The van der Waals surface area contributed by atoms with Crippen LogP contribution in [0.2, 0.25) is 0 Å². The minimum absolute atomic E-state index is 0. The fraction of sp³-hybridized carbons (Fsp3) is 1.00. The Kier molecular flexibility index (Phi) is 9.25. The van der Waals surface area contributed by atoms with Crippen LogP contribution in [-0.2, 0) is 14.3 Å². The van der Waals surface area contributed by atoms with Crippen LogP contribution in [0.15, 0.2) is 0 Å². The molecular weight excluding hydrogens is 193 g/mol. The summed E-state index contributed by atoms with van der Waals surface area (Å²) in [6.45, 7) is 1.06. The number of aliphatic hydroxyl groups excluding tert-OH is 1. The average molecular weight is 207 g/mol. The molecule has 0 rings (SSSR count). The molecule has 0 saturated heterocycles. The Morgan fingerprint density at radius 1 is 1.58 bits per heavy atom. The molecule has 0 bridgehead atoms. The summed E-state index contributed by atoms with van der Waals surface area (Å²) < 4.78 is 25.9. The van der Waals surface area contributed by atoms with Gasteiger partial charge in [-0.15, -0.1) is 0 Å². The van der Waals surface area contributed by atoms with Crippen LogP contribution in [0, 0.1) is 0 Å². The van der Waals surface area contributed by atoms with E-state index in [1.54, 1.807) is 6.92 Å². The quantitative estimate of drug-likeness (QED) is 0.403. The summed E-state index contributed by atoms with van der Waals surface area (Å²) in [5.41, 5.74) is 5.23. The van der Waals surface area contributed by atoms with Gasteiger partial charge in [-0.05, 0) is 6.92 Å². The zero-order valence-electron chi connectivity index (χ0n) is 6.36. The van der Waals surface area contributed by atoms with Gasteiger partial charge >= 0.3 is 29.6 Å². The molecule has 0 saturated carbocycles. The van der Waals surface area contributed by atoms with Gasteiger partial charge in [0.2, 0.25) is 0 Å². The Labute approximate surface area is 94.7 Å². The van der Waals surface area contributed by atoms with Gasteiger partial charge in [-0.25, -0.2) is 0 Å². The molecule has 0 aromatic heterocycles. The van der Waals surface area contributed by atoms with Gasteiger partial charge in [-0.3, -0.25) is 4.18 Å². The first-order valence-corrected chi connectivity index (χ1v) is 4.79. The van der Waals surface area contributed by atoms with Crippen molar-refractivity contribution in [3.8, 4) is 0 Å². The first kappa shape index (κ1) is 15.3. The molecule has 0 amide bonds. The van der Waals surface area contributed by atoms with Gasteiger partial charge in [0, 0.05) is 6.04 Å². The van der Waals surface area contributed by atoms with E-state index >= 15 is 0 Å². The average Bonchev–Trinajstić information content (AvgIpc) is 1.81. The van der Waals surface area contributed by atoms with E-state index < -0.39 is 16.2 Å². The van der Waals surface area contributed by atoms with E-state index in [4.69, 9.17) is 10.8 Å². The number of nitrogens with two attached hydrogens (primary N) is 1. The zero-order chi connectivity index (χ0) is 8.91. The molecule has 0 aliphatic heterocycles. The maximum atomic E-state index is 10.8. The molecule has 3 N–H and O–H groups in total. The van der Waals surface area contributed by atoms with E-state index in [-0.39, 0.29) is 48.5 Å². The van der Waals surface area contributed by atoms with E-state index in [0.717, 1.165) is 0 Å². The fourth-order valence-electron chi connectivity index (χ4n) is 0.534. The zero-order valence-corrected chi connectivity index (χ0v) is 7.17. The van der Waals surface area contributed by atoms with Crippen molar-refractivity contribution < 1.29 is 17.7 Å². The molecule has 12 heavy (non-hydrogen) atoms. The Morgan fingerprint density at radius 3 is 2.42 bits per heavy atom. The summed E-state index contributed by atoms with van der Waals surface area (Å²) in [6, 6.07) is -0.446. The maximum absolute atomic E-state index is 10.8. The van der Waals surface area contributed by atoms with Crippen molar-refractivity contribution in [3.63, 3.8) is 0 Å². The molecule has 0 heterocycles. The molecule has 0 aliphatic rings. The number of hydrogen-bond acceptors (Lipinski definition) is 5. The van der Waals surface area contributed by atoms with Crippen molar-refractivity contribution in [2.75, 3.05) is 19.0 Å². The van der Waals surface area contributed by atoms with Crippen LogP contribution in [-0.4, -0.2) is 68.1 Å². The molecule has 5 nitrogen and oxygen atoms in total. The molecule has 0 aromatic carbocycles. The predicted molar refractivity (Wildman–Crippen MR) is 47.6 cm³/mol. The second-order valence-electron chi connectivity index (χ2n) is 2.25. The van der Waals surface area contributed by atoms with Crippen LogP contribution in [0.3, 0.4) is 0 Å². The molecule has 0 aliphatic carbocycles. The van der Waals surface area contributed by atoms with Crippen LogP contribution < -0.4 is 5.73 Å². The van der Waals surface area contributed by atoms with Crippen LogP contribution in [0.5, 0.6) is 0 Å². The van der Waals surface area contributed by atoms with Gasteiger partial charge in [0.25, 0.3) is 10.1 Å². The minimum atomic E-state index is -3.53. The molecule has 0 spiro atoms. The molecule has 0 fully saturated rings. The molecule has 70 valence electrons. The topological polar surface area (TPSA) is 89.6 Å². The Balaban J connectivity index is 0. The van der Waals surface area contributed by atoms with Crippen molar-refractivity contribution in [1.82, 2.24) is 0 Å². The van der Waals surface area contributed by atoms with Gasteiger partial charge in [0.05, 0.1) is 19.0 Å². The van der Waals surface area contributed by atoms with E-state index in [2.05, 4.69) is 4.18 Å². The fourth-order valence-corrected chi connectivity index (χ4v) is 1.60. The van der Waals surface area contributed by atoms with E-state index in [0.29, 0.717) is 0 Å². The van der Waals surface area contributed by atoms with Crippen molar-refractivity contribution in [1.29, 1.82) is 0 Å². The number of aliphatic hydroxyl groups is 1. The van der Waals surface area contributed by atoms with E-state index in [9.17, 15) is 8.42 Å². The van der Waals surface area contributed by atoms with E-state index in [1.165, 1.54) is 0 Å². The Morgan fingerprint density at radius 2 is 2.08 bits per heavy atom. The summed E-state index contributed by atoms with van der Waals surface area (Å²) in [6.07, 6.45) is 0. The first-order valence-electron chi connectivity index (χ1n) is 3.21. The molecule has 0 radical (unpaired) electrons. The summed E-state index contributed by atoms with van der Waals surface area (Å²) >= 11 is 0. The van der Waals surface area contributed by atoms with Crippen LogP contribution in [0.4, 0.5) is 0 Å². The Hall–Kier alpha value is 0.830. The van der Waals surface area contributed by atoms with Crippen molar-refractivity contribution in [2.45, 2.75) is 13.0 Å². The summed E-state index contributed by atoms with van der Waals surface area (Å²) in [5, 5.41) is 8.24. The number of hydrogen-bond donors (Lipinski definition) is 2. The summed E-state index contributed by atoms with van der Waals surface area (Å²) in [7, 11) is -3.53. The number of rotatable bonds is 5. The third-order valence-corrected chi connectivity index (χ3v) is 2.28. The molecule has 1 unspecified atom stereocenters. The van der Waals surface area contributed by atoms with Gasteiger partial charge in [0.1, 0.15) is 0 Å². The Bertz CT molecular complexity index is 192. The standard InChI is InChI=1S/C5H13NO4S.Na.H/c1-5(6)4-11(8,9)10-3-2-7;;/h5,7H,2-4,6H2,1H3;;. The van der Waals surface area contributed by atoms with Crippen molar-refractivity contribution in [2.24, 2.45) is 5.73 Å². The SMILES string of the molecule is CC(N)CS(=O)(=O)OCCO.[NaH]. The predicted octanol–water partition coefficient (Wildman–Crippen LogP) is -1.98.